The summed E-state index contributed by atoms with van der Waals surface area (Å²) in [6, 6.07) is 0. The van der Waals surface area contributed by atoms with Crippen LogP contribution in [0.5, 0.6) is 0 Å². The third kappa shape index (κ3) is 1.64. The lowest BCUT2D eigenvalue weighted by Gasteiger charge is -2.12. The number of aliphatic hydroxyl groups is 1. The van der Waals surface area contributed by atoms with Crippen LogP contribution < -0.4 is 5.73 Å². The van der Waals surface area contributed by atoms with Gasteiger partial charge < -0.3 is 15.6 Å². The monoisotopic (exact) mass is 131 g/mol. The van der Waals surface area contributed by atoms with Crippen molar-refractivity contribution < 1.29 is 9.84 Å². The molecule has 3 nitrogen and oxygen atoms in total. The molecule has 1 fully saturated rings. The van der Waals surface area contributed by atoms with Gasteiger partial charge in [-0.15, -0.1) is 0 Å². The van der Waals surface area contributed by atoms with Gasteiger partial charge in [-0.25, -0.2) is 0 Å². The van der Waals surface area contributed by atoms with E-state index < -0.39 is 0 Å². The Bertz CT molecular complexity index is 81.1. The molecule has 0 radical (unpaired) electrons. The maximum Gasteiger partial charge on any atom is 0.0713 e. The van der Waals surface area contributed by atoms with E-state index >= 15 is 0 Å². The second-order valence-electron chi connectivity index (χ2n) is 2.43. The van der Waals surface area contributed by atoms with Gasteiger partial charge in [0.2, 0.25) is 0 Å². The van der Waals surface area contributed by atoms with Crippen molar-refractivity contribution in [2.24, 2.45) is 11.7 Å². The van der Waals surface area contributed by atoms with Gasteiger partial charge in [-0.05, 0) is 6.42 Å². The van der Waals surface area contributed by atoms with Crippen molar-refractivity contribution in [1.82, 2.24) is 0 Å². The van der Waals surface area contributed by atoms with Gasteiger partial charge in [-0.3, -0.25) is 0 Å². The fourth-order valence-corrected chi connectivity index (χ4v) is 1.05. The Morgan fingerprint density at radius 2 is 2.56 bits per heavy atom. The standard InChI is InChI=1S/C6H13NO2/c7-3-6(8)5-1-2-9-4-5/h5-6,8H,1-4,7H2/t5-,6-/m0/s1. The molecular formula is C6H13NO2. The summed E-state index contributed by atoms with van der Waals surface area (Å²) in [6.45, 7) is 1.81. The molecule has 2 atom stereocenters. The number of ether oxygens (including phenoxy) is 1. The molecule has 9 heavy (non-hydrogen) atoms. The van der Waals surface area contributed by atoms with Crippen LogP contribution in [0.1, 0.15) is 6.42 Å². The lowest BCUT2D eigenvalue weighted by Crippen LogP contribution is -2.28. The Hall–Kier alpha value is -0.120. The molecule has 3 heteroatoms. The lowest BCUT2D eigenvalue weighted by atomic mass is 10.0. The second-order valence-corrected chi connectivity index (χ2v) is 2.43. The molecule has 3 N–H and O–H groups in total. The third-order valence-electron chi connectivity index (χ3n) is 1.75. The molecule has 0 bridgehead atoms. The van der Waals surface area contributed by atoms with Gasteiger partial charge in [0.05, 0.1) is 12.7 Å². The van der Waals surface area contributed by atoms with Crippen molar-refractivity contribution in [3.63, 3.8) is 0 Å². The first-order valence-electron chi connectivity index (χ1n) is 3.30. The fraction of sp³-hybridized carbons (Fsp3) is 1.00. The molecule has 54 valence electrons. The number of hydrogen-bond acceptors (Lipinski definition) is 3. The first-order chi connectivity index (χ1) is 4.34. The molecule has 0 saturated carbocycles. The predicted octanol–water partition coefficient (Wildman–Crippen LogP) is -0.658. The largest absolute Gasteiger partial charge is 0.391 e. The summed E-state index contributed by atoms with van der Waals surface area (Å²) >= 11 is 0. The summed E-state index contributed by atoms with van der Waals surface area (Å²) in [4.78, 5) is 0. The summed E-state index contributed by atoms with van der Waals surface area (Å²) in [5, 5.41) is 9.15. The highest BCUT2D eigenvalue weighted by Gasteiger charge is 2.22. The number of rotatable bonds is 2. The van der Waals surface area contributed by atoms with E-state index in [0.29, 0.717) is 13.2 Å². The van der Waals surface area contributed by atoms with Gasteiger partial charge in [0.25, 0.3) is 0 Å². The molecule has 0 aliphatic carbocycles. The van der Waals surface area contributed by atoms with Gasteiger partial charge in [0.1, 0.15) is 0 Å². The van der Waals surface area contributed by atoms with Gasteiger partial charge >= 0.3 is 0 Å². The summed E-state index contributed by atoms with van der Waals surface area (Å²) in [5.41, 5.74) is 5.25. The average molecular weight is 131 g/mol. The van der Waals surface area contributed by atoms with Crippen LogP contribution in [0.15, 0.2) is 0 Å². The highest BCUT2D eigenvalue weighted by molar-refractivity contribution is 4.72. The minimum Gasteiger partial charge on any atom is -0.391 e. The van der Waals surface area contributed by atoms with E-state index in [1.165, 1.54) is 0 Å². The molecular weight excluding hydrogens is 118 g/mol. The number of aliphatic hydroxyl groups excluding tert-OH is 1. The Labute approximate surface area is 54.8 Å². The second kappa shape index (κ2) is 3.15. The minimum atomic E-state index is -0.354. The highest BCUT2D eigenvalue weighted by Crippen LogP contribution is 2.15. The van der Waals surface area contributed by atoms with E-state index in [4.69, 9.17) is 15.6 Å². The predicted molar refractivity (Wildman–Crippen MR) is 34.0 cm³/mol. The van der Waals surface area contributed by atoms with E-state index in [9.17, 15) is 0 Å². The Morgan fingerprint density at radius 3 is 3.00 bits per heavy atom. The van der Waals surface area contributed by atoms with Crippen LogP contribution in [0.3, 0.4) is 0 Å². The van der Waals surface area contributed by atoms with Crippen LogP contribution in [-0.4, -0.2) is 31.0 Å². The molecule has 0 aromatic heterocycles. The van der Waals surface area contributed by atoms with Gasteiger partial charge in [-0.2, -0.15) is 0 Å². The molecule has 0 aromatic carbocycles. The Morgan fingerprint density at radius 1 is 1.78 bits per heavy atom. The molecule has 0 unspecified atom stereocenters. The van der Waals surface area contributed by atoms with Crippen LogP contribution in [0.2, 0.25) is 0 Å². The molecule has 1 rings (SSSR count). The average Bonchev–Trinajstić information content (AvgIpc) is 2.37. The third-order valence-corrected chi connectivity index (χ3v) is 1.75. The normalized spacial score (nSPS) is 30.7. The van der Waals surface area contributed by atoms with Crippen molar-refractivity contribution >= 4 is 0 Å². The highest BCUT2D eigenvalue weighted by atomic mass is 16.5. The molecule has 1 saturated heterocycles. The van der Waals surface area contributed by atoms with Crippen molar-refractivity contribution in [1.29, 1.82) is 0 Å². The van der Waals surface area contributed by atoms with E-state index in [2.05, 4.69) is 0 Å². The van der Waals surface area contributed by atoms with Crippen LogP contribution in [-0.2, 0) is 4.74 Å². The van der Waals surface area contributed by atoms with Gasteiger partial charge in [0, 0.05) is 19.1 Å². The summed E-state index contributed by atoms with van der Waals surface area (Å²) in [7, 11) is 0. The van der Waals surface area contributed by atoms with Crippen LogP contribution in [0, 0.1) is 5.92 Å². The topological polar surface area (TPSA) is 55.5 Å². The molecule has 0 aromatic rings. The van der Waals surface area contributed by atoms with Crippen molar-refractivity contribution in [3.05, 3.63) is 0 Å². The Kier molecular flexibility index (Phi) is 2.45. The smallest absolute Gasteiger partial charge is 0.0713 e. The maximum absolute atomic E-state index is 9.15. The lowest BCUT2D eigenvalue weighted by molar-refractivity contribution is 0.0978. The van der Waals surface area contributed by atoms with Crippen LogP contribution in [0.25, 0.3) is 0 Å². The van der Waals surface area contributed by atoms with Crippen molar-refractivity contribution in [2.75, 3.05) is 19.8 Å². The summed E-state index contributed by atoms with van der Waals surface area (Å²) < 4.78 is 5.06. The van der Waals surface area contributed by atoms with Crippen LogP contribution in [0.4, 0.5) is 0 Å². The molecule has 1 heterocycles. The molecule has 1 aliphatic heterocycles. The minimum absolute atomic E-state index is 0.287. The molecule has 1 aliphatic rings. The van der Waals surface area contributed by atoms with Gasteiger partial charge in [0.15, 0.2) is 0 Å². The quantitative estimate of drug-likeness (QED) is 0.523. The zero-order valence-corrected chi connectivity index (χ0v) is 5.42. The zero-order valence-electron chi connectivity index (χ0n) is 5.42. The van der Waals surface area contributed by atoms with Crippen molar-refractivity contribution in [2.45, 2.75) is 12.5 Å². The van der Waals surface area contributed by atoms with Crippen LogP contribution >= 0.6 is 0 Å². The van der Waals surface area contributed by atoms with Gasteiger partial charge in [-0.1, -0.05) is 0 Å². The zero-order chi connectivity index (χ0) is 6.69. The van der Waals surface area contributed by atoms with Crippen molar-refractivity contribution in [3.8, 4) is 0 Å². The maximum atomic E-state index is 9.15. The summed E-state index contributed by atoms with van der Waals surface area (Å²) in [6.07, 6.45) is 0.603. The first kappa shape index (κ1) is 6.99. The van der Waals surface area contributed by atoms with E-state index in [1.54, 1.807) is 0 Å². The SMILES string of the molecule is NC[C@H](O)[C@H]1CCOC1. The molecule has 0 spiro atoms. The number of hydrogen-bond donors (Lipinski definition) is 2. The Balaban J connectivity index is 2.24. The first-order valence-corrected chi connectivity index (χ1v) is 3.30. The van der Waals surface area contributed by atoms with E-state index in [-0.39, 0.29) is 12.0 Å². The molecule has 0 amide bonds. The van der Waals surface area contributed by atoms with E-state index in [1.807, 2.05) is 0 Å². The number of nitrogens with two attached hydrogens (primary N) is 1. The van der Waals surface area contributed by atoms with E-state index in [0.717, 1.165) is 13.0 Å². The summed E-state index contributed by atoms with van der Waals surface area (Å²) in [5.74, 6) is 0.287. The fourth-order valence-electron chi connectivity index (χ4n) is 1.05.